The lowest BCUT2D eigenvalue weighted by Crippen LogP contribution is -2.54. The van der Waals surface area contributed by atoms with Gasteiger partial charge in [-0.1, -0.05) is 51.0 Å². The molecule has 1 aromatic rings. The maximum atomic E-state index is 13.5. The predicted molar refractivity (Wildman–Crippen MR) is 135 cm³/mol. The number of carbonyl (C=O) groups excluding carboxylic acids is 3. The first-order chi connectivity index (χ1) is 16.1. The number of hydrogen-bond donors (Lipinski definition) is 3. The van der Waals surface area contributed by atoms with Crippen LogP contribution in [0.4, 0.5) is 4.79 Å². The van der Waals surface area contributed by atoms with Crippen molar-refractivity contribution in [3.63, 3.8) is 0 Å². The third-order valence-corrected chi connectivity index (χ3v) is 5.40. The second-order valence-corrected chi connectivity index (χ2v) is 9.37. The predicted octanol–water partition coefficient (Wildman–Crippen LogP) is 3.77. The Bertz CT molecular complexity index is 846. The number of alkyl carbamates (subject to hydrolysis) is 1. The summed E-state index contributed by atoms with van der Waals surface area (Å²) in [5.74, 6) is -0.991. The molecule has 0 bridgehead atoms. The zero-order chi connectivity index (χ0) is 25.7. The summed E-state index contributed by atoms with van der Waals surface area (Å²) >= 11 is 4.22. The number of ether oxygens (including phenoxy) is 1. The molecule has 2 atom stereocenters. The smallest absolute Gasteiger partial charge is 0.408 e. The van der Waals surface area contributed by atoms with Gasteiger partial charge in [0.15, 0.2) is 0 Å². The molecule has 9 heteroatoms. The van der Waals surface area contributed by atoms with Crippen molar-refractivity contribution in [1.82, 2.24) is 15.5 Å². The molecule has 0 saturated heterocycles. The molecule has 0 fully saturated rings. The first-order valence-electron chi connectivity index (χ1n) is 11.7. The van der Waals surface area contributed by atoms with Gasteiger partial charge in [0.1, 0.15) is 24.2 Å². The molecule has 2 unspecified atom stereocenters. The molecule has 188 valence electrons. The van der Waals surface area contributed by atoms with Gasteiger partial charge in [0.25, 0.3) is 0 Å². The molecular formula is C25H38N4O4S. The summed E-state index contributed by atoms with van der Waals surface area (Å²) in [4.78, 5) is 40.2. The summed E-state index contributed by atoms with van der Waals surface area (Å²) in [6.45, 7) is 9.38. The van der Waals surface area contributed by atoms with Crippen molar-refractivity contribution in [3.05, 3.63) is 35.4 Å². The minimum atomic E-state index is -1.07. The van der Waals surface area contributed by atoms with Crippen LogP contribution in [0.1, 0.15) is 71.0 Å². The molecule has 0 aromatic heterocycles. The highest BCUT2D eigenvalue weighted by atomic mass is 32.1. The Labute approximate surface area is 208 Å². The lowest BCUT2D eigenvalue weighted by Gasteiger charge is -2.32. The Balaban J connectivity index is 3.26. The lowest BCUT2D eigenvalue weighted by atomic mass is 10.0. The van der Waals surface area contributed by atoms with E-state index >= 15 is 0 Å². The zero-order valence-corrected chi connectivity index (χ0v) is 21.8. The molecule has 2 N–H and O–H groups in total. The number of amides is 3. The van der Waals surface area contributed by atoms with Gasteiger partial charge in [-0.15, -0.1) is 0 Å². The molecular weight excluding hydrogens is 452 g/mol. The monoisotopic (exact) mass is 490 g/mol. The van der Waals surface area contributed by atoms with E-state index in [9.17, 15) is 19.6 Å². The second kappa shape index (κ2) is 14.5. The van der Waals surface area contributed by atoms with Crippen LogP contribution in [-0.2, 0) is 20.7 Å². The number of nitriles is 1. The molecule has 0 aliphatic heterocycles. The largest absolute Gasteiger partial charge is 0.444 e. The normalized spacial score (nSPS) is 12.7. The SMILES string of the molecule is CCCCCNC(=O)C(c1ccc(CC)cc1)N(CC#N)C(=O)C(CS)NC(=O)OC(C)(C)C. The van der Waals surface area contributed by atoms with Gasteiger partial charge in [-0.3, -0.25) is 9.59 Å². The van der Waals surface area contributed by atoms with E-state index < -0.39 is 29.7 Å². The number of aryl methyl sites for hydroxylation is 1. The van der Waals surface area contributed by atoms with E-state index in [0.717, 1.165) is 31.2 Å². The van der Waals surface area contributed by atoms with Crippen molar-refractivity contribution in [2.45, 2.75) is 78.0 Å². The lowest BCUT2D eigenvalue weighted by molar-refractivity contribution is -0.141. The van der Waals surface area contributed by atoms with Crippen LogP contribution in [0.15, 0.2) is 24.3 Å². The summed E-state index contributed by atoms with van der Waals surface area (Å²) in [6.07, 6.45) is 2.85. The molecule has 8 nitrogen and oxygen atoms in total. The Morgan fingerprint density at radius 2 is 1.79 bits per heavy atom. The number of benzene rings is 1. The maximum Gasteiger partial charge on any atom is 0.408 e. The standard InChI is InChI=1S/C25H38N4O4S/c1-6-8-9-15-27-22(30)21(19-12-10-18(7-2)11-13-19)29(16-14-26)23(31)20(17-34)28-24(32)33-25(3,4)5/h10-13,20-21,34H,6-9,15-17H2,1-5H3,(H,27,30)(H,28,32). The molecule has 1 aromatic carbocycles. The number of unbranched alkanes of at least 4 members (excludes halogenated alkanes) is 2. The van der Waals surface area contributed by atoms with Gasteiger partial charge in [-0.2, -0.15) is 17.9 Å². The summed E-state index contributed by atoms with van der Waals surface area (Å²) in [7, 11) is 0. The molecule has 0 heterocycles. The Morgan fingerprint density at radius 3 is 2.29 bits per heavy atom. The molecule has 0 aliphatic rings. The first kappa shape index (κ1) is 29.3. The summed E-state index contributed by atoms with van der Waals surface area (Å²) in [5.41, 5.74) is 0.926. The van der Waals surface area contributed by atoms with E-state index in [1.807, 2.05) is 25.1 Å². The van der Waals surface area contributed by atoms with Gasteiger partial charge in [0.05, 0.1) is 6.07 Å². The second-order valence-electron chi connectivity index (χ2n) is 9.00. The van der Waals surface area contributed by atoms with E-state index in [-0.39, 0.29) is 18.2 Å². The van der Waals surface area contributed by atoms with Crippen LogP contribution in [0, 0.1) is 11.3 Å². The molecule has 0 radical (unpaired) electrons. The number of hydrogen-bond acceptors (Lipinski definition) is 6. The number of nitrogens with zero attached hydrogens (tertiary/aromatic N) is 2. The average molecular weight is 491 g/mol. The highest BCUT2D eigenvalue weighted by Crippen LogP contribution is 2.23. The Kier molecular flexibility index (Phi) is 12.5. The van der Waals surface area contributed by atoms with E-state index in [4.69, 9.17) is 4.74 Å². The summed E-state index contributed by atoms with van der Waals surface area (Å²) in [5, 5.41) is 14.9. The zero-order valence-electron chi connectivity index (χ0n) is 20.9. The summed E-state index contributed by atoms with van der Waals surface area (Å²) < 4.78 is 5.26. The molecule has 0 saturated carbocycles. The van der Waals surface area contributed by atoms with Gasteiger partial charge in [0, 0.05) is 12.3 Å². The van der Waals surface area contributed by atoms with Gasteiger partial charge in [-0.05, 0) is 44.7 Å². The topological polar surface area (TPSA) is 112 Å². The Morgan fingerprint density at radius 1 is 1.15 bits per heavy atom. The van der Waals surface area contributed by atoms with Crippen molar-refractivity contribution < 1.29 is 19.1 Å². The number of carbonyl (C=O) groups is 3. The van der Waals surface area contributed by atoms with E-state index in [0.29, 0.717) is 12.1 Å². The third kappa shape index (κ3) is 9.64. The van der Waals surface area contributed by atoms with E-state index in [1.54, 1.807) is 32.9 Å². The number of thiol groups is 1. The number of rotatable bonds is 12. The highest BCUT2D eigenvalue weighted by molar-refractivity contribution is 7.80. The van der Waals surface area contributed by atoms with Crippen LogP contribution in [0.2, 0.25) is 0 Å². The average Bonchev–Trinajstić information content (AvgIpc) is 2.78. The van der Waals surface area contributed by atoms with Crippen molar-refractivity contribution in [2.24, 2.45) is 0 Å². The molecule has 34 heavy (non-hydrogen) atoms. The molecule has 0 aliphatic carbocycles. The van der Waals surface area contributed by atoms with Crippen molar-refractivity contribution in [2.75, 3.05) is 18.8 Å². The van der Waals surface area contributed by atoms with Crippen molar-refractivity contribution in [1.29, 1.82) is 5.26 Å². The van der Waals surface area contributed by atoms with Crippen molar-refractivity contribution in [3.8, 4) is 6.07 Å². The van der Waals surface area contributed by atoms with E-state index in [1.165, 1.54) is 4.90 Å². The van der Waals surface area contributed by atoms with Crippen LogP contribution >= 0.6 is 12.6 Å². The highest BCUT2D eigenvalue weighted by Gasteiger charge is 2.35. The fraction of sp³-hybridized carbons (Fsp3) is 0.600. The quantitative estimate of drug-likeness (QED) is 0.235. The minimum absolute atomic E-state index is 0.0282. The first-order valence-corrected chi connectivity index (χ1v) is 12.4. The number of nitrogens with one attached hydrogen (secondary N) is 2. The van der Waals surface area contributed by atoms with Crippen LogP contribution in [0.25, 0.3) is 0 Å². The van der Waals surface area contributed by atoms with Gasteiger partial charge >= 0.3 is 6.09 Å². The van der Waals surface area contributed by atoms with E-state index in [2.05, 4.69) is 30.2 Å². The molecule has 1 rings (SSSR count). The molecule has 0 spiro atoms. The molecule has 3 amide bonds. The van der Waals surface area contributed by atoms with Crippen LogP contribution in [-0.4, -0.2) is 53.3 Å². The van der Waals surface area contributed by atoms with Gasteiger partial charge in [0.2, 0.25) is 11.8 Å². The third-order valence-electron chi connectivity index (χ3n) is 5.04. The minimum Gasteiger partial charge on any atom is -0.444 e. The Hall–Kier alpha value is -2.73. The summed E-state index contributed by atoms with van der Waals surface area (Å²) in [6, 6.07) is 7.27. The van der Waals surface area contributed by atoms with Crippen LogP contribution in [0.5, 0.6) is 0 Å². The fourth-order valence-corrected chi connectivity index (χ4v) is 3.55. The maximum absolute atomic E-state index is 13.5. The van der Waals surface area contributed by atoms with Crippen LogP contribution in [0.3, 0.4) is 0 Å². The van der Waals surface area contributed by atoms with Gasteiger partial charge in [-0.25, -0.2) is 4.79 Å². The van der Waals surface area contributed by atoms with Crippen molar-refractivity contribution >= 4 is 30.5 Å². The fourth-order valence-electron chi connectivity index (χ4n) is 3.30. The van der Waals surface area contributed by atoms with Gasteiger partial charge < -0.3 is 20.3 Å². The van der Waals surface area contributed by atoms with Crippen LogP contribution < -0.4 is 10.6 Å².